The molecule has 1 heterocycles. The average Bonchev–Trinajstić information content (AvgIpc) is 3.06. The molecule has 148 valence electrons. The molecule has 6 nitrogen and oxygen atoms in total. The summed E-state index contributed by atoms with van der Waals surface area (Å²) in [5.74, 6) is 0.714. The van der Waals surface area contributed by atoms with Gasteiger partial charge in [-0.05, 0) is 48.6 Å². The number of rotatable bonds is 6. The molecular formula is C21H26N4O2S. The van der Waals surface area contributed by atoms with Gasteiger partial charge in [-0.15, -0.1) is 0 Å². The van der Waals surface area contributed by atoms with Crippen LogP contribution in [0, 0.1) is 6.92 Å². The number of fused-ring (bicyclic) bond motifs is 1. The van der Waals surface area contributed by atoms with Crippen molar-refractivity contribution < 1.29 is 8.42 Å². The fraction of sp³-hybridized carbons (Fsp3) is 0.286. The first-order chi connectivity index (χ1) is 13.4. The third-order valence-corrected chi connectivity index (χ3v) is 5.69. The molecule has 1 aromatic heterocycles. The second-order valence-electron chi connectivity index (χ2n) is 6.80. The Labute approximate surface area is 166 Å². The first-order valence-corrected chi connectivity index (χ1v) is 11.1. The monoisotopic (exact) mass is 398 g/mol. The summed E-state index contributed by atoms with van der Waals surface area (Å²) in [7, 11) is -3.20. The van der Waals surface area contributed by atoms with Crippen LogP contribution in [-0.2, 0) is 22.9 Å². The number of hydrogen-bond acceptors (Lipinski definition) is 3. The average molecular weight is 399 g/mol. The van der Waals surface area contributed by atoms with Gasteiger partial charge in [0.2, 0.25) is 0 Å². The number of aryl methyl sites for hydroxylation is 1. The summed E-state index contributed by atoms with van der Waals surface area (Å²) in [6, 6.07) is 15.6. The molecule has 0 radical (unpaired) electrons. The first-order valence-electron chi connectivity index (χ1n) is 9.25. The standard InChI is InChI=1S/C21H26N4O2S/c1-4-22-21(24-14-18-12-17-7-5-6-8-19(17)25-18)23-13-16-9-10-20(15(2)11-16)28(3,26)27/h5-12,25H,4,13-14H2,1-3H3,(H2,22,23,24). The van der Waals surface area contributed by atoms with Gasteiger partial charge in [0.05, 0.1) is 18.0 Å². The van der Waals surface area contributed by atoms with E-state index < -0.39 is 9.84 Å². The minimum absolute atomic E-state index is 0.365. The van der Waals surface area contributed by atoms with Crippen LogP contribution in [0.3, 0.4) is 0 Å². The Morgan fingerprint density at radius 3 is 2.57 bits per heavy atom. The fourth-order valence-electron chi connectivity index (χ4n) is 3.15. The molecule has 0 saturated heterocycles. The number of benzene rings is 2. The summed E-state index contributed by atoms with van der Waals surface area (Å²) in [4.78, 5) is 8.37. The largest absolute Gasteiger partial charge is 0.357 e. The Morgan fingerprint density at radius 2 is 1.89 bits per heavy atom. The molecule has 0 unspecified atom stereocenters. The van der Waals surface area contributed by atoms with Crippen LogP contribution in [0.1, 0.15) is 23.7 Å². The van der Waals surface area contributed by atoms with Crippen molar-refractivity contribution in [1.82, 2.24) is 15.6 Å². The summed E-state index contributed by atoms with van der Waals surface area (Å²) < 4.78 is 23.5. The predicted molar refractivity (Wildman–Crippen MR) is 114 cm³/mol. The number of aliphatic imine (C=N–C) groups is 1. The van der Waals surface area contributed by atoms with Crippen LogP contribution in [0.4, 0.5) is 0 Å². The van der Waals surface area contributed by atoms with Crippen LogP contribution in [0.5, 0.6) is 0 Å². The van der Waals surface area contributed by atoms with Crippen molar-refractivity contribution >= 4 is 26.7 Å². The van der Waals surface area contributed by atoms with Gasteiger partial charge in [0.1, 0.15) is 0 Å². The lowest BCUT2D eigenvalue weighted by Crippen LogP contribution is -2.36. The van der Waals surface area contributed by atoms with E-state index in [-0.39, 0.29) is 0 Å². The Hall–Kier alpha value is -2.80. The van der Waals surface area contributed by atoms with Gasteiger partial charge in [0, 0.05) is 24.0 Å². The van der Waals surface area contributed by atoms with E-state index in [4.69, 9.17) is 0 Å². The van der Waals surface area contributed by atoms with Crippen molar-refractivity contribution in [3.8, 4) is 0 Å². The molecule has 0 saturated carbocycles. The number of aromatic nitrogens is 1. The van der Waals surface area contributed by atoms with Crippen molar-refractivity contribution in [1.29, 1.82) is 0 Å². The summed E-state index contributed by atoms with van der Waals surface area (Å²) in [5.41, 5.74) is 3.90. The van der Waals surface area contributed by atoms with Crippen LogP contribution >= 0.6 is 0 Å². The normalized spacial score (nSPS) is 12.3. The second kappa shape index (κ2) is 8.48. The van der Waals surface area contributed by atoms with Gasteiger partial charge in [-0.1, -0.05) is 30.3 Å². The van der Waals surface area contributed by atoms with E-state index in [0.717, 1.165) is 28.9 Å². The van der Waals surface area contributed by atoms with Crippen LogP contribution < -0.4 is 10.6 Å². The zero-order chi connectivity index (χ0) is 20.1. The molecule has 3 aromatic rings. The van der Waals surface area contributed by atoms with E-state index in [1.807, 2.05) is 38.1 Å². The Balaban J connectivity index is 1.69. The molecule has 28 heavy (non-hydrogen) atoms. The topological polar surface area (TPSA) is 86.3 Å². The van der Waals surface area contributed by atoms with Gasteiger partial charge in [-0.3, -0.25) is 0 Å². The molecule has 0 atom stereocenters. The molecule has 0 aliphatic heterocycles. The van der Waals surface area contributed by atoms with Crippen molar-refractivity contribution in [2.24, 2.45) is 4.99 Å². The molecular weight excluding hydrogens is 372 g/mol. The summed E-state index contributed by atoms with van der Waals surface area (Å²) in [5, 5.41) is 7.75. The van der Waals surface area contributed by atoms with Gasteiger partial charge < -0.3 is 15.6 Å². The summed E-state index contributed by atoms with van der Waals surface area (Å²) in [6.07, 6.45) is 1.23. The van der Waals surface area contributed by atoms with E-state index in [9.17, 15) is 8.42 Å². The minimum Gasteiger partial charge on any atom is -0.357 e. The minimum atomic E-state index is -3.20. The molecule has 3 N–H and O–H groups in total. The molecule has 0 aliphatic rings. The fourth-order valence-corrected chi connectivity index (χ4v) is 4.10. The maximum Gasteiger partial charge on any atom is 0.191 e. The van der Waals surface area contributed by atoms with Gasteiger partial charge >= 0.3 is 0 Å². The number of para-hydroxylation sites is 1. The number of aromatic amines is 1. The number of guanidine groups is 1. The number of hydrogen-bond donors (Lipinski definition) is 3. The summed E-state index contributed by atoms with van der Waals surface area (Å²) >= 11 is 0. The van der Waals surface area contributed by atoms with E-state index in [1.165, 1.54) is 11.6 Å². The lowest BCUT2D eigenvalue weighted by molar-refractivity contribution is 0.601. The maximum absolute atomic E-state index is 11.8. The highest BCUT2D eigenvalue weighted by atomic mass is 32.2. The van der Waals surface area contributed by atoms with E-state index in [1.54, 1.807) is 6.07 Å². The lowest BCUT2D eigenvalue weighted by Gasteiger charge is -2.11. The van der Waals surface area contributed by atoms with Crippen molar-refractivity contribution in [3.63, 3.8) is 0 Å². The zero-order valence-electron chi connectivity index (χ0n) is 16.4. The SMILES string of the molecule is CCNC(=NCc1ccc(S(C)(=O)=O)c(C)c1)NCc1cc2ccccc2[nH]1. The quantitative estimate of drug-likeness (QED) is 0.440. The van der Waals surface area contributed by atoms with Crippen LogP contribution in [0.15, 0.2) is 58.4 Å². The highest BCUT2D eigenvalue weighted by Crippen LogP contribution is 2.17. The zero-order valence-corrected chi connectivity index (χ0v) is 17.2. The van der Waals surface area contributed by atoms with Gasteiger partial charge in [0.25, 0.3) is 0 Å². The highest BCUT2D eigenvalue weighted by molar-refractivity contribution is 7.90. The molecule has 0 fully saturated rings. The summed E-state index contributed by atoms with van der Waals surface area (Å²) in [6.45, 7) is 5.68. The second-order valence-corrected chi connectivity index (χ2v) is 8.79. The number of H-pyrrole nitrogens is 1. The van der Waals surface area contributed by atoms with Crippen molar-refractivity contribution in [2.75, 3.05) is 12.8 Å². The molecule has 3 rings (SSSR count). The molecule has 0 bridgehead atoms. The van der Waals surface area contributed by atoms with Crippen LogP contribution in [-0.4, -0.2) is 32.2 Å². The van der Waals surface area contributed by atoms with Gasteiger partial charge in [0.15, 0.2) is 15.8 Å². The highest BCUT2D eigenvalue weighted by Gasteiger charge is 2.10. The number of sulfone groups is 1. The molecule has 2 aromatic carbocycles. The van der Waals surface area contributed by atoms with Gasteiger partial charge in [-0.2, -0.15) is 0 Å². The van der Waals surface area contributed by atoms with E-state index in [2.05, 4.69) is 38.8 Å². The van der Waals surface area contributed by atoms with Crippen LogP contribution in [0.2, 0.25) is 0 Å². The molecule has 0 spiro atoms. The smallest absolute Gasteiger partial charge is 0.191 e. The molecule has 0 amide bonds. The van der Waals surface area contributed by atoms with E-state index in [0.29, 0.717) is 23.9 Å². The molecule has 7 heteroatoms. The molecule has 0 aliphatic carbocycles. The number of nitrogens with one attached hydrogen (secondary N) is 3. The van der Waals surface area contributed by atoms with E-state index >= 15 is 0 Å². The Kier molecular flexibility index (Phi) is 6.04. The third-order valence-electron chi connectivity index (χ3n) is 4.43. The first kappa shape index (κ1) is 19.9. The lowest BCUT2D eigenvalue weighted by atomic mass is 10.1. The van der Waals surface area contributed by atoms with Gasteiger partial charge in [-0.25, -0.2) is 13.4 Å². The van der Waals surface area contributed by atoms with Crippen LogP contribution in [0.25, 0.3) is 10.9 Å². The third kappa shape index (κ3) is 4.92. The van der Waals surface area contributed by atoms with Crippen molar-refractivity contribution in [2.45, 2.75) is 31.8 Å². The maximum atomic E-state index is 11.8. The Morgan fingerprint density at radius 1 is 1.11 bits per heavy atom. The predicted octanol–water partition coefficient (Wildman–Crippen LogP) is 3.14. The Bertz CT molecular complexity index is 1070. The number of nitrogens with zero attached hydrogens (tertiary/aromatic N) is 1. The van der Waals surface area contributed by atoms with Crippen molar-refractivity contribution in [3.05, 3.63) is 65.4 Å².